The number of carbonyl (C=O) groups excluding carboxylic acids is 2. The molecule has 0 aromatic heterocycles. The second-order valence-corrected chi connectivity index (χ2v) is 4.48. The van der Waals surface area contributed by atoms with Crippen LogP contribution in [-0.4, -0.2) is 11.7 Å². The summed E-state index contributed by atoms with van der Waals surface area (Å²) in [6, 6.07) is 12.4. The third-order valence-corrected chi connectivity index (χ3v) is 2.55. The number of carbonyl (C=O) groups is 2. The SMILES string of the molecule is CCC.NC(=O)C(=O)c1ccc(-c2ccc(F)cc2)cc1. The summed E-state index contributed by atoms with van der Waals surface area (Å²) in [5.41, 5.74) is 6.81. The van der Waals surface area contributed by atoms with Crippen molar-refractivity contribution in [3.8, 4) is 11.1 Å². The molecule has 0 radical (unpaired) electrons. The van der Waals surface area contributed by atoms with E-state index in [2.05, 4.69) is 13.8 Å². The second-order valence-electron chi connectivity index (χ2n) is 4.48. The minimum Gasteiger partial charge on any atom is -0.363 e. The molecule has 0 saturated carbocycles. The largest absolute Gasteiger partial charge is 0.363 e. The molecule has 0 atom stereocenters. The predicted octanol–water partition coefficient (Wildman–Crippen LogP) is 3.58. The van der Waals surface area contributed by atoms with Crippen LogP contribution in [0.15, 0.2) is 48.5 Å². The number of ketones is 1. The molecule has 0 unspecified atom stereocenters. The summed E-state index contributed by atoms with van der Waals surface area (Å²) in [7, 11) is 0. The Morgan fingerprint density at radius 1 is 0.905 bits per heavy atom. The van der Waals surface area contributed by atoms with E-state index in [4.69, 9.17) is 5.73 Å². The highest BCUT2D eigenvalue weighted by molar-refractivity contribution is 6.42. The summed E-state index contributed by atoms with van der Waals surface area (Å²) in [4.78, 5) is 22.0. The van der Waals surface area contributed by atoms with Crippen LogP contribution >= 0.6 is 0 Å². The molecule has 2 rings (SSSR count). The van der Waals surface area contributed by atoms with Crippen molar-refractivity contribution in [3.05, 3.63) is 59.9 Å². The number of nitrogens with two attached hydrogens (primary N) is 1. The van der Waals surface area contributed by atoms with Crippen LogP contribution in [0.25, 0.3) is 11.1 Å². The van der Waals surface area contributed by atoms with Gasteiger partial charge in [-0.05, 0) is 23.3 Å². The van der Waals surface area contributed by atoms with E-state index >= 15 is 0 Å². The van der Waals surface area contributed by atoms with Crippen LogP contribution in [0.3, 0.4) is 0 Å². The van der Waals surface area contributed by atoms with Gasteiger partial charge in [-0.3, -0.25) is 9.59 Å². The molecule has 0 saturated heterocycles. The lowest BCUT2D eigenvalue weighted by Crippen LogP contribution is -2.22. The Bertz CT molecular complexity index is 604. The van der Waals surface area contributed by atoms with E-state index in [1.807, 2.05) is 0 Å². The molecule has 0 aliphatic rings. The van der Waals surface area contributed by atoms with Crippen molar-refractivity contribution in [1.29, 1.82) is 0 Å². The predicted molar refractivity (Wildman–Crippen MR) is 81.3 cm³/mol. The molecule has 4 heteroatoms. The maximum atomic E-state index is 12.8. The number of halogens is 1. The average molecular weight is 287 g/mol. The molecular formula is C17H18FNO2. The lowest BCUT2D eigenvalue weighted by molar-refractivity contribution is -0.114. The molecule has 1 amide bonds. The van der Waals surface area contributed by atoms with Gasteiger partial charge < -0.3 is 5.73 Å². The number of amides is 1. The molecule has 110 valence electrons. The molecular weight excluding hydrogens is 269 g/mol. The van der Waals surface area contributed by atoms with Gasteiger partial charge in [0, 0.05) is 5.56 Å². The Balaban J connectivity index is 0.000000677. The van der Waals surface area contributed by atoms with Gasteiger partial charge >= 0.3 is 0 Å². The van der Waals surface area contributed by atoms with Crippen molar-refractivity contribution in [2.24, 2.45) is 5.73 Å². The first kappa shape index (κ1) is 16.6. The van der Waals surface area contributed by atoms with E-state index in [1.165, 1.54) is 30.7 Å². The average Bonchev–Trinajstić information content (AvgIpc) is 2.48. The number of hydrogen-bond donors (Lipinski definition) is 1. The minimum atomic E-state index is -0.982. The van der Waals surface area contributed by atoms with Crippen LogP contribution in [0.2, 0.25) is 0 Å². The van der Waals surface area contributed by atoms with Crippen molar-refractivity contribution < 1.29 is 14.0 Å². The zero-order valence-electron chi connectivity index (χ0n) is 12.1. The topological polar surface area (TPSA) is 60.2 Å². The van der Waals surface area contributed by atoms with Crippen molar-refractivity contribution in [1.82, 2.24) is 0 Å². The first-order valence-electron chi connectivity index (χ1n) is 6.69. The van der Waals surface area contributed by atoms with Gasteiger partial charge in [0.05, 0.1) is 0 Å². The fourth-order valence-electron chi connectivity index (χ4n) is 1.60. The fraction of sp³-hybridized carbons (Fsp3) is 0.176. The number of primary amides is 1. The van der Waals surface area contributed by atoms with Gasteiger partial charge in [-0.1, -0.05) is 56.7 Å². The third kappa shape index (κ3) is 4.84. The van der Waals surface area contributed by atoms with Gasteiger partial charge in [0.15, 0.2) is 0 Å². The number of benzene rings is 2. The fourth-order valence-corrected chi connectivity index (χ4v) is 1.60. The first-order valence-corrected chi connectivity index (χ1v) is 6.69. The first-order chi connectivity index (χ1) is 9.99. The molecule has 0 aliphatic carbocycles. The minimum absolute atomic E-state index is 0.244. The summed E-state index contributed by atoms with van der Waals surface area (Å²) < 4.78 is 12.8. The molecule has 3 nitrogen and oxygen atoms in total. The molecule has 0 fully saturated rings. The van der Waals surface area contributed by atoms with Crippen LogP contribution < -0.4 is 5.73 Å². The third-order valence-electron chi connectivity index (χ3n) is 2.55. The zero-order valence-corrected chi connectivity index (χ0v) is 12.1. The molecule has 2 aromatic carbocycles. The van der Waals surface area contributed by atoms with Crippen molar-refractivity contribution >= 4 is 11.7 Å². The maximum Gasteiger partial charge on any atom is 0.289 e. The van der Waals surface area contributed by atoms with Crippen LogP contribution in [-0.2, 0) is 4.79 Å². The molecule has 0 spiro atoms. The summed E-state index contributed by atoms with van der Waals surface area (Å²) in [5.74, 6) is -2.01. The van der Waals surface area contributed by atoms with E-state index in [-0.39, 0.29) is 11.4 Å². The van der Waals surface area contributed by atoms with Crippen LogP contribution in [0.1, 0.15) is 30.6 Å². The normalized spacial score (nSPS) is 9.48. The highest BCUT2D eigenvalue weighted by Crippen LogP contribution is 2.20. The Kier molecular flexibility index (Phi) is 6.27. The molecule has 2 N–H and O–H groups in total. The van der Waals surface area contributed by atoms with Crippen LogP contribution in [0.5, 0.6) is 0 Å². The van der Waals surface area contributed by atoms with Crippen molar-refractivity contribution in [2.75, 3.05) is 0 Å². The van der Waals surface area contributed by atoms with E-state index in [1.54, 1.807) is 24.3 Å². The Labute approximate surface area is 123 Å². The summed E-state index contributed by atoms with van der Waals surface area (Å²) in [6.45, 7) is 4.25. The zero-order chi connectivity index (χ0) is 15.8. The highest BCUT2D eigenvalue weighted by Gasteiger charge is 2.11. The van der Waals surface area contributed by atoms with Crippen molar-refractivity contribution in [3.63, 3.8) is 0 Å². The van der Waals surface area contributed by atoms with Gasteiger partial charge in [-0.15, -0.1) is 0 Å². The number of Topliss-reactive ketones (excluding diaryl/α,β-unsaturated/α-hetero) is 1. The van der Waals surface area contributed by atoms with Gasteiger partial charge in [-0.25, -0.2) is 4.39 Å². The second kappa shape index (κ2) is 7.94. The molecule has 2 aromatic rings. The summed E-state index contributed by atoms with van der Waals surface area (Å²) >= 11 is 0. The van der Waals surface area contributed by atoms with Gasteiger partial charge in [-0.2, -0.15) is 0 Å². The highest BCUT2D eigenvalue weighted by atomic mass is 19.1. The molecule has 0 bridgehead atoms. The quantitative estimate of drug-likeness (QED) is 0.693. The van der Waals surface area contributed by atoms with Gasteiger partial charge in [0.25, 0.3) is 5.91 Å². The Morgan fingerprint density at radius 3 is 1.67 bits per heavy atom. The standard InChI is InChI=1S/C14H10FNO2.C3H8/c15-12-7-5-10(6-8-12)9-1-3-11(4-2-9)13(17)14(16)18;1-3-2/h1-8H,(H2,16,18);3H2,1-2H3. The lowest BCUT2D eigenvalue weighted by atomic mass is 10.0. The molecule has 0 heterocycles. The smallest absolute Gasteiger partial charge is 0.289 e. The molecule has 0 aliphatic heterocycles. The summed E-state index contributed by atoms with van der Waals surface area (Å²) in [6.07, 6.45) is 1.25. The number of hydrogen-bond acceptors (Lipinski definition) is 2. The monoisotopic (exact) mass is 287 g/mol. The Morgan fingerprint density at radius 2 is 1.29 bits per heavy atom. The molecule has 21 heavy (non-hydrogen) atoms. The van der Waals surface area contributed by atoms with E-state index in [0.29, 0.717) is 0 Å². The van der Waals surface area contributed by atoms with Crippen molar-refractivity contribution in [2.45, 2.75) is 20.3 Å². The van der Waals surface area contributed by atoms with E-state index < -0.39 is 11.7 Å². The van der Waals surface area contributed by atoms with E-state index in [0.717, 1.165) is 11.1 Å². The van der Waals surface area contributed by atoms with E-state index in [9.17, 15) is 14.0 Å². The summed E-state index contributed by atoms with van der Waals surface area (Å²) in [5, 5.41) is 0. The van der Waals surface area contributed by atoms with Crippen LogP contribution in [0, 0.1) is 5.82 Å². The maximum absolute atomic E-state index is 12.8. The Hall–Kier alpha value is -2.49. The van der Waals surface area contributed by atoms with Gasteiger partial charge in [0.2, 0.25) is 5.78 Å². The van der Waals surface area contributed by atoms with Crippen LogP contribution in [0.4, 0.5) is 4.39 Å². The number of rotatable bonds is 3. The van der Waals surface area contributed by atoms with Gasteiger partial charge in [0.1, 0.15) is 5.82 Å². The lowest BCUT2D eigenvalue weighted by Gasteiger charge is -2.02.